The second-order valence-electron chi connectivity index (χ2n) is 4.86. The molecular weight excluding hydrogens is 357 g/mol. The molecule has 0 aliphatic carbocycles. The van der Waals surface area contributed by atoms with Crippen molar-refractivity contribution in [2.75, 3.05) is 0 Å². The third-order valence-electron chi connectivity index (χ3n) is 3.22. The molecule has 5 rings (SSSR count). The standard InChI is InChI=1S/2C7H6N2.C5H5N.Co/c2*1-2-4-7-6(3-1)8-5-9-7;1-2-4-6-5-3-1;/h2*1-5H,(H,8,9);1-5H;. The Labute approximate surface area is 155 Å². The number of imidazole rings is 2. The monoisotopic (exact) mass is 374 g/mol. The van der Waals surface area contributed by atoms with Gasteiger partial charge in [0.05, 0.1) is 34.7 Å². The van der Waals surface area contributed by atoms with Gasteiger partial charge < -0.3 is 9.97 Å². The Kier molecular flexibility index (Phi) is 7.36. The number of benzene rings is 2. The molecule has 0 saturated heterocycles. The number of pyridine rings is 1. The molecule has 0 spiro atoms. The number of fused-ring (bicyclic) bond motifs is 2. The Morgan fingerprint density at radius 3 is 1.40 bits per heavy atom. The van der Waals surface area contributed by atoms with E-state index in [-0.39, 0.29) is 16.8 Å². The van der Waals surface area contributed by atoms with Crippen molar-refractivity contribution in [2.24, 2.45) is 0 Å². The fraction of sp³-hybridized carbons (Fsp3) is 0. The molecule has 2 N–H and O–H groups in total. The number of aromatic nitrogens is 5. The molecule has 2 aromatic carbocycles. The molecule has 5 nitrogen and oxygen atoms in total. The van der Waals surface area contributed by atoms with E-state index in [4.69, 9.17) is 0 Å². The van der Waals surface area contributed by atoms with E-state index < -0.39 is 0 Å². The van der Waals surface area contributed by atoms with Crippen LogP contribution >= 0.6 is 0 Å². The van der Waals surface area contributed by atoms with Crippen molar-refractivity contribution in [1.29, 1.82) is 0 Å². The Morgan fingerprint density at radius 1 is 0.560 bits per heavy atom. The second kappa shape index (κ2) is 10.0. The van der Waals surface area contributed by atoms with Crippen LogP contribution in [0.3, 0.4) is 0 Å². The van der Waals surface area contributed by atoms with Crippen molar-refractivity contribution in [3.8, 4) is 0 Å². The second-order valence-corrected chi connectivity index (χ2v) is 4.86. The minimum Gasteiger partial charge on any atom is -0.345 e. The first kappa shape index (κ1) is 18.4. The zero-order chi connectivity index (χ0) is 16.5. The zero-order valence-electron chi connectivity index (χ0n) is 13.3. The van der Waals surface area contributed by atoms with Crippen LogP contribution in [-0.4, -0.2) is 24.9 Å². The summed E-state index contributed by atoms with van der Waals surface area (Å²) in [5.74, 6) is 0. The van der Waals surface area contributed by atoms with Crippen LogP contribution in [0.4, 0.5) is 0 Å². The van der Waals surface area contributed by atoms with E-state index in [1.165, 1.54) is 0 Å². The predicted molar refractivity (Wildman–Crippen MR) is 96.4 cm³/mol. The van der Waals surface area contributed by atoms with E-state index in [0.29, 0.717) is 0 Å². The van der Waals surface area contributed by atoms with Crippen molar-refractivity contribution >= 4 is 22.1 Å². The van der Waals surface area contributed by atoms with Gasteiger partial charge in [-0.2, -0.15) is 0 Å². The third kappa shape index (κ3) is 5.56. The number of H-pyrrole nitrogens is 2. The molecule has 0 atom stereocenters. The van der Waals surface area contributed by atoms with Gasteiger partial charge in [-0.3, -0.25) is 4.98 Å². The van der Waals surface area contributed by atoms with E-state index in [0.717, 1.165) is 22.1 Å². The Morgan fingerprint density at radius 2 is 1.04 bits per heavy atom. The number of nitrogens with zero attached hydrogens (tertiary/aromatic N) is 3. The van der Waals surface area contributed by atoms with Crippen LogP contribution in [0, 0.1) is 0 Å². The summed E-state index contributed by atoms with van der Waals surface area (Å²) in [7, 11) is 0. The maximum absolute atomic E-state index is 4.06. The molecule has 3 aromatic heterocycles. The van der Waals surface area contributed by atoms with Crippen LogP contribution in [0.5, 0.6) is 0 Å². The molecule has 127 valence electrons. The van der Waals surface area contributed by atoms with Gasteiger partial charge in [0, 0.05) is 29.2 Å². The van der Waals surface area contributed by atoms with Crippen molar-refractivity contribution in [2.45, 2.75) is 0 Å². The van der Waals surface area contributed by atoms with Gasteiger partial charge in [0.1, 0.15) is 0 Å². The van der Waals surface area contributed by atoms with E-state index in [9.17, 15) is 0 Å². The number of para-hydroxylation sites is 4. The average molecular weight is 374 g/mol. The minimum absolute atomic E-state index is 0. The molecule has 5 aromatic rings. The molecule has 25 heavy (non-hydrogen) atoms. The van der Waals surface area contributed by atoms with E-state index in [2.05, 4.69) is 24.9 Å². The van der Waals surface area contributed by atoms with Gasteiger partial charge in [-0.15, -0.1) is 0 Å². The number of rotatable bonds is 0. The maximum atomic E-state index is 4.06. The molecule has 1 radical (unpaired) electrons. The normalized spacial score (nSPS) is 9.28. The van der Waals surface area contributed by atoms with Gasteiger partial charge in [0.15, 0.2) is 0 Å². The number of nitrogens with one attached hydrogen (secondary N) is 2. The molecular formula is C19H17CoN5. The van der Waals surface area contributed by atoms with Crippen LogP contribution in [0.2, 0.25) is 0 Å². The molecule has 6 heteroatoms. The van der Waals surface area contributed by atoms with Crippen molar-refractivity contribution in [1.82, 2.24) is 24.9 Å². The Bertz CT molecular complexity index is 825. The van der Waals surface area contributed by atoms with Gasteiger partial charge in [-0.1, -0.05) is 30.3 Å². The molecule has 0 fully saturated rings. The number of hydrogen-bond donors (Lipinski definition) is 2. The Hall–Kier alpha value is -2.96. The van der Waals surface area contributed by atoms with Crippen LogP contribution in [0.25, 0.3) is 22.1 Å². The van der Waals surface area contributed by atoms with Crippen LogP contribution in [0.15, 0.2) is 91.8 Å². The smallest absolute Gasteiger partial charge is 0.0931 e. The summed E-state index contributed by atoms with van der Waals surface area (Å²) in [6.07, 6.45) is 6.90. The summed E-state index contributed by atoms with van der Waals surface area (Å²) >= 11 is 0. The average Bonchev–Trinajstić information content (AvgIpc) is 3.33. The van der Waals surface area contributed by atoms with Crippen molar-refractivity contribution in [3.05, 3.63) is 91.8 Å². The Balaban J connectivity index is 0.000000136. The first-order valence-corrected chi connectivity index (χ1v) is 7.55. The van der Waals surface area contributed by atoms with E-state index in [1.807, 2.05) is 66.7 Å². The van der Waals surface area contributed by atoms with Gasteiger partial charge in [-0.05, 0) is 36.4 Å². The first-order chi connectivity index (χ1) is 11.9. The molecule has 0 unspecified atom stereocenters. The van der Waals surface area contributed by atoms with Crippen LogP contribution < -0.4 is 0 Å². The summed E-state index contributed by atoms with van der Waals surface area (Å²) in [5, 5.41) is 0. The molecule has 0 saturated carbocycles. The molecule has 0 aliphatic rings. The predicted octanol–water partition coefficient (Wildman–Crippen LogP) is 4.20. The molecule has 0 amide bonds. The minimum atomic E-state index is 0. The topological polar surface area (TPSA) is 70.2 Å². The van der Waals surface area contributed by atoms with Crippen LogP contribution in [-0.2, 0) is 16.8 Å². The summed E-state index contributed by atoms with van der Waals surface area (Å²) in [4.78, 5) is 17.9. The summed E-state index contributed by atoms with van der Waals surface area (Å²) in [5.41, 5.74) is 4.24. The number of aromatic amines is 2. The fourth-order valence-corrected chi connectivity index (χ4v) is 2.07. The molecule has 3 heterocycles. The van der Waals surface area contributed by atoms with Crippen molar-refractivity contribution in [3.63, 3.8) is 0 Å². The summed E-state index contributed by atoms with van der Waals surface area (Å²) in [6, 6.07) is 21.6. The van der Waals surface area contributed by atoms with Gasteiger partial charge >= 0.3 is 0 Å². The van der Waals surface area contributed by atoms with Crippen molar-refractivity contribution < 1.29 is 16.8 Å². The van der Waals surface area contributed by atoms with Gasteiger partial charge in [0.2, 0.25) is 0 Å². The summed E-state index contributed by atoms with van der Waals surface area (Å²) < 4.78 is 0. The largest absolute Gasteiger partial charge is 0.345 e. The first-order valence-electron chi connectivity index (χ1n) is 7.55. The van der Waals surface area contributed by atoms with Crippen LogP contribution in [0.1, 0.15) is 0 Å². The fourth-order valence-electron chi connectivity index (χ4n) is 2.07. The van der Waals surface area contributed by atoms with E-state index in [1.54, 1.807) is 25.0 Å². The van der Waals surface area contributed by atoms with E-state index >= 15 is 0 Å². The zero-order valence-corrected chi connectivity index (χ0v) is 14.4. The van der Waals surface area contributed by atoms with Gasteiger partial charge in [-0.25, -0.2) is 9.97 Å². The van der Waals surface area contributed by atoms with Gasteiger partial charge in [0.25, 0.3) is 0 Å². The molecule has 0 bridgehead atoms. The molecule has 0 aliphatic heterocycles. The quantitative estimate of drug-likeness (QED) is 0.427. The third-order valence-corrected chi connectivity index (χ3v) is 3.22. The maximum Gasteiger partial charge on any atom is 0.0931 e. The summed E-state index contributed by atoms with van der Waals surface area (Å²) in [6.45, 7) is 0. The SMILES string of the molecule is [Co].c1ccc2[nH]cnc2c1.c1ccc2[nH]cnc2c1.c1ccncc1. The number of hydrogen-bond acceptors (Lipinski definition) is 3.